The Morgan fingerprint density at radius 2 is 2.00 bits per heavy atom. The number of benzene rings is 1. The van der Waals surface area contributed by atoms with Crippen LogP contribution in [-0.2, 0) is 10.2 Å². The second kappa shape index (κ2) is 6.57. The smallest absolute Gasteiger partial charge is 0.262 e. The summed E-state index contributed by atoms with van der Waals surface area (Å²) in [6.07, 6.45) is 1.45. The van der Waals surface area contributed by atoms with Gasteiger partial charge in [0.1, 0.15) is 11.2 Å². The van der Waals surface area contributed by atoms with Gasteiger partial charge in [-0.2, -0.15) is 0 Å². The predicted octanol–water partition coefficient (Wildman–Crippen LogP) is 4.01. The molecule has 2 heterocycles. The van der Waals surface area contributed by atoms with Crippen LogP contribution in [-0.4, -0.2) is 22.5 Å². The van der Waals surface area contributed by atoms with Crippen LogP contribution in [0.3, 0.4) is 0 Å². The summed E-state index contributed by atoms with van der Waals surface area (Å²) < 4.78 is 5.58. The third-order valence-corrected chi connectivity index (χ3v) is 4.40. The number of carbonyl (C=O) groups is 1. The lowest BCUT2D eigenvalue weighted by atomic mass is 9.86. The zero-order valence-electron chi connectivity index (χ0n) is 13.9. The number of thiophene rings is 1. The number of aromatic nitrogens is 2. The molecule has 6 heteroatoms. The van der Waals surface area contributed by atoms with Crippen molar-refractivity contribution in [2.75, 3.05) is 11.9 Å². The topological polar surface area (TPSA) is 64.1 Å². The van der Waals surface area contributed by atoms with Crippen molar-refractivity contribution >= 4 is 33.1 Å². The second-order valence-electron chi connectivity index (χ2n) is 6.45. The van der Waals surface area contributed by atoms with E-state index in [4.69, 9.17) is 4.74 Å². The van der Waals surface area contributed by atoms with E-state index in [0.717, 1.165) is 21.5 Å². The molecule has 5 nitrogen and oxygen atoms in total. The van der Waals surface area contributed by atoms with Crippen LogP contribution in [0.25, 0.3) is 10.2 Å². The molecule has 0 atom stereocenters. The zero-order valence-corrected chi connectivity index (χ0v) is 14.7. The molecule has 0 bridgehead atoms. The number of hydrogen-bond acceptors (Lipinski definition) is 5. The minimum atomic E-state index is -0.214. The number of amides is 1. The summed E-state index contributed by atoms with van der Waals surface area (Å²) in [6, 6.07) is 9.70. The van der Waals surface area contributed by atoms with E-state index in [0.29, 0.717) is 5.88 Å². The first-order valence-electron chi connectivity index (χ1n) is 7.65. The number of rotatable bonds is 4. The van der Waals surface area contributed by atoms with Gasteiger partial charge in [0.2, 0.25) is 5.88 Å². The van der Waals surface area contributed by atoms with E-state index in [9.17, 15) is 4.79 Å². The van der Waals surface area contributed by atoms with Crippen molar-refractivity contribution in [3.8, 4) is 5.88 Å². The van der Waals surface area contributed by atoms with E-state index in [1.165, 1.54) is 17.7 Å². The molecule has 0 spiro atoms. The molecular weight excluding hydrogens is 322 g/mol. The van der Waals surface area contributed by atoms with Gasteiger partial charge in [-0.25, -0.2) is 9.97 Å². The largest absolute Gasteiger partial charge is 0.467 e. The van der Waals surface area contributed by atoms with E-state index in [1.807, 2.05) is 35.7 Å². The quantitative estimate of drug-likeness (QED) is 0.779. The van der Waals surface area contributed by atoms with Gasteiger partial charge in [-0.05, 0) is 28.5 Å². The molecule has 124 valence electrons. The lowest BCUT2D eigenvalue weighted by molar-refractivity contribution is -0.118. The molecule has 0 saturated heterocycles. The first-order valence-corrected chi connectivity index (χ1v) is 8.53. The van der Waals surface area contributed by atoms with Crippen molar-refractivity contribution in [3.63, 3.8) is 0 Å². The fourth-order valence-electron chi connectivity index (χ4n) is 2.45. The number of nitrogens with zero attached hydrogens (tertiary/aromatic N) is 2. The highest BCUT2D eigenvalue weighted by Gasteiger charge is 2.18. The number of fused-ring (bicyclic) bond motifs is 1. The van der Waals surface area contributed by atoms with Crippen molar-refractivity contribution in [2.45, 2.75) is 26.2 Å². The maximum absolute atomic E-state index is 12.3. The van der Waals surface area contributed by atoms with Gasteiger partial charge >= 0.3 is 0 Å². The molecule has 1 N–H and O–H groups in total. The SMILES string of the molecule is CC(C)(C)c1ccccc1NC(=O)COc1ncnc2sccc12. The Bertz CT molecular complexity index is 868. The Morgan fingerprint density at radius 3 is 2.79 bits per heavy atom. The molecule has 0 aliphatic rings. The van der Waals surface area contributed by atoms with Crippen LogP contribution < -0.4 is 10.1 Å². The van der Waals surface area contributed by atoms with Crippen molar-refractivity contribution in [3.05, 3.63) is 47.6 Å². The minimum Gasteiger partial charge on any atom is -0.467 e. The summed E-state index contributed by atoms with van der Waals surface area (Å²) in [5.41, 5.74) is 1.84. The summed E-state index contributed by atoms with van der Waals surface area (Å²) in [6.45, 7) is 6.24. The van der Waals surface area contributed by atoms with E-state index in [2.05, 4.69) is 36.1 Å². The standard InChI is InChI=1S/C18H19N3O2S/c1-18(2,3)13-6-4-5-7-14(13)21-15(22)10-23-16-12-8-9-24-17(12)20-11-19-16/h4-9,11H,10H2,1-3H3,(H,21,22). The van der Waals surface area contributed by atoms with Crippen molar-refractivity contribution in [1.29, 1.82) is 0 Å². The molecule has 0 fully saturated rings. The van der Waals surface area contributed by atoms with Gasteiger partial charge in [-0.1, -0.05) is 39.0 Å². The van der Waals surface area contributed by atoms with Gasteiger partial charge in [0.05, 0.1) is 5.39 Å². The summed E-state index contributed by atoms with van der Waals surface area (Å²) in [7, 11) is 0. The molecule has 3 aromatic rings. The van der Waals surface area contributed by atoms with Crippen molar-refractivity contribution < 1.29 is 9.53 Å². The molecule has 0 unspecified atom stereocenters. The monoisotopic (exact) mass is 341 g/mol. The maximum Gasteiger partial charge on any atom is 0.262 e. The molecule has 0 radical (unpaired) electrons. The summed E-state index contributed by atoms with van der Waals surface area (Å²) >= 11 is 1.51. The fraction of sp³-hybridized carbons (Fsp3) is 0.278. The van der Waals surface area contributed by atoms with Crippen molar-refractivity contribution in [2.24, 2.45) is 0 Å². The van der Waals surface area contributed by atoms with Gasteiger partial charge in [0.25, 0.3) is 5.91 Å². The molecule has 0 aliphatic heterocycles. The molecule has 24 heavy (non-hydrogen) atoms. The molecule has 0 aliphatic carbocycles. The average Bonchev–Trinajstić information content (AvgIpc) is 3.01. The number of anilines is 1. The Hall–Kier alpha value is -2.47. The third-order valence-electron chi connectivity index (χ3n) is 3.57. The Kier molecular flexibility index (Phi) is 4.49. The normalized spacial score (nSPS) is 11.5. The Morgan fingerprint density at radius 1 is 1.21 bits per heavy atom. The lowest BCUT2D eigenvalue weighted by Gasteiger charge is -2.23. The molecule has 3 rings (SSSR count). The highest BCUT2D eigenvalue weighted by atomic mass is 32.1. The van der Waals surface area contributed by atoms with Crippen LogP contribution in [0, 0.1) is 0 Å². The molecular formula is C18H19N3O2S. The number of nitrogens with one attached hydrogen (secondary N) is 1. The van der Waals surface area contributed by atoms with E-state index < -0.39 is 0 Å². The van der Waals surface area contributed by atoms with Crippen LogP contribution in [0.4, 0.5) is 5.69 Å². The predicted molar refractivity (Wildman–Crippen MR) is 96.7 cm³/mol. The van der Waals surface area contributed by atoms with E-state index in [1.54, 1.807) is 0 Å². The Labute approximate surface area is 144 Å². The summed E-state index contributed by atoms with van der Waals surface area (Å²) in [5.74, 6) is 0.217. The summed E-state index contributed by atoms with van der Waals surface area (Å²) in [4.78, 5) is 21.4. The van der Waals surface area contributed by atoms with Crippen LogP contribution in [0.1, 0.15) is 26.3 Å². The van der Waals surface area contributed by atoms with Gasteiger partial charge < -0.3 is 10.1 Å². The highest BCUT2D eigenvalue weighted by Crippen LogP contribution is 2.29. The maximum atomic E-state index is 12.3. The van der Waals surface area contributed by atoms with Crippen LogP contribution in [0.2, 0.25) is 0 Å². The minimum absolute atomic E-state index is 0.0553. The number of hydrogen-bond donors (Lipinski definition) is 1. The fourth-order valence-corrected chi connectivity index (χ4v) is 3.17. The van der Waals surface area contributed by atoms with Crippen LogP contribution >= 0.6 is 11.3 Å². The van der Waals surface area contributed by atoms with Crippen LogP contribution in [0.5, 0.6) is 5.88 Å². The van der Waals surface area contributed by atoms with Gasteiger partial charge in [-0.15, -0.1) is 11.3 Å². The highest BCUT2D eigenvalue weighted by molar-refractivity contribution is 7.16. The molecule has 0 saturated carbocycles. The average molecular weight is 341 g/mol. The van der Waals surface area contributed by atoms with E-state index in [-0.39, 0.29) is 17.9 Å². The first kappa shape index (κ1) is 16.4. The van der Waals surface area contributed by atoms with Gasteiger partial charge in [0.15, 0.2) is 6.61 Å². The summed E-state index contributed by atoms with van der Waals surface area (Å²) in [5, 5.41) is 5.67. The molecule has 1 aromatic carbocycles. The molecule has 1 amide bonds. The van der Waals surface area contributed by atoms with Crippen LogP contribution in [0.15, 0.2) is 42.0 Å². The van der Waals surface area contributed by atoms with E-state index >= 15 is 0 Å². The Balaban J connectivity index is 1.70. The molecule has 2 aromatic heterocycles. The lowest BCUT2D eigenvalue weighted by Crippen LogP contribution is -2.23. The number of para-hydroxylation sites is 1. The number of carbonyl (C=O) groups excluding carboxylic acids is 1. The van der Waals surface area contributed by atoms with Crippen molar-refractivity contribution in [1.82, 2.24) is 9.97 Å². The van der Waals surface area contributed by atoms with Gasteiger partial charge in [-0.3, -0.25) is 4.79 Å². The zero-order chi connectivity index (χ0) is 17.2. The third kappa shape index (κ3) is 3.54. The second-order valence-corrected chi connectivity index (χ2v) is 7.35. The van der Waals surface area contributed by atoms with Gasteiger partial charge in [0, 0.05) is 5.69 Å². The number of ether oxygens (including phenoxy) is 1. The first-order chi connectivity index (χ1) is 11.4.